The number of ether oxygens (including phenoxy) is 1. The van der Waals surface area contributed by atoms with Crippen molar-refractivity contribution >= 4 is 11.9 Å². The monoisotopic (exact) mass is 625 g/mol. The van der Waals surface area contributed by atoms with E-state index in [2.05, 4.69) is 75.4 Å². The molecule has 0 aromatic heterocycles. The first kappa shape index (κ1) is 38.4. The molecule has 0 saturated heterocycles. The number of amides is 1. The van der Waals surface area contributed by atoms with E-state index in [0.717, 1.165) is 57.8 Å². The minimum atomic E-state index is -1.16. The Balaban J connectivity index is 2.20. The van der Waals surface area contributed by atoms with Gasteiger partial charge in [-0.2, -0.15) is 0 Å². The fourth-order valence-electron chi connectivity index (χ4n) is 6.40. The molecule has 7 nitrogen and oxygen atoms in total. The van der Waals surface area contributed by atoms with Crippen LogP contribution in [0.1, 0.15) is 108 Å². The Kier molecular flexibility index (Phi) is 18.7. The van der Waals surface area contributed by atoms with Gasteiger partial charge in [-0.05, 0) is 66.9 Å². The fraction of sp³-hybridized carbons (Fsp3) is 0.632. The normalized spacial score (nSPS) is 15.4. The van der Waals surface area contributed by atoms with Gasteiger partial charge in [-0.3, -0.25) is 9.59 Å². The van der Waals surface area contributed by atoms with E-state index in [4.69, 9.17) is 4.74 Å². The van der Waals surface area contributed by atoms with Crippen LogP contribution in [-0.4, -0.2) is 71.6 Å². The van der Waals surface area contributed by atoms with Crippen LogP contribution in [0.3, 0.4) is 0 Å². The summed E-state index contributed by atoms with van der Waals surface area (Å²) in [6, 6.07) is 21.2. The van der Waals surface area contributed by atoms with Crippen molar-refractivity contribution in [1.82, 2.24) is 4.90 Å². The topological polar surface area (TPSA) is 107 Å². The molecule has 0 aliphatic heterocycles. The summed E-state index contributed by atoms with van der Waals surface area (Å²) in [6.07, 6.45) is 7.63. The second-order valence-corrected chi connectivity index (χ2v) is 12.8. The number of aliphatic hydroxyl groups excluding tert-OH is 3. The first-order valence-corrected chi connectivity index (χ1v) is 17.1. The van der Waals surface area contributed by atoms with Crippen LogP contribution in [0.5, 0.6) is 0 Å². The van der Waals surface area contributed by atoms with Crippen molar-refractivity contribution in [3.63, 3.8) is 0 Å². The minimum Gasteiger partial charge on any atom is -0.463 e. The molecule has 6 atom stereocenters. The number of esters is 1. The first-order chi connectivity index (χ1) is 21.7. The summed E-state index contributed by atoms with van der Waals surface area (Å²) in [5.74, 6) is 0.0231. The molecule has 2 aromatic carbocycles. The molecule has 2 aromatic rings. The van der Waals surface area contributed by atoms with E-state index >= 15 is 0 Å². The lowest BCUT2D eigenvalue weighted by Crippen LogP contribution is -2.36. The zero-order valence-electron chi connectivity index (χ0n) is 28.2. The average Bonchev–Trinajstić information content (AvgIpc) is 3.07. The standard InChI is InChI=1S/C38H59NO6/c1-5-30(25-31(6-2)33-19-11-8-12-20-33)16-14-22-34(21-13-15-29(3)32-17-9-7-10-18-32)36(26-37(43)39(4)23-24-40)38(44)45-28-35(42)27-41/h7-12,17-20,29-31,34-36,40-42H,5-6,13-16,21-28H2,1-4H3. The molecule has 252 valence electrons. The van der Waals surface area contributed by atoms with Crippen molar-refractivity contribution in [3.8, 4) is 0 Å². The molecule has 1 amide bonds. The SMILES string of the molecule is CCC(CCCC(CCCC(C)c1ccccc1)C(CC(=O)N(C)CCO)C(=O)OCC(O)CO)CC(CC)c1ccccc1. The summed E-state index contributed by atoms with van der Waals surface area (Å²) in [6.45, 7) is 5.97. The number of rotatable bonds is 23. The third-order valence-electron chi connectivity index (χ3n) is 9.48. The zero-order valence-corrected chi connectivity index (χ0v) is 28.2. The highest BCUT2D eigenvalue weighted by molar-refractivity contribution is 5.83. The Morgan fingerprint density at radius 1 is 0.844 bits per heavy atom. The van der Waals surface area contributed by atoms with Crippen LogP contribution >= 0.6 is 0 Å². The Labute approximate surface area is 272 Å². The highest BCUT2D eigenvalue weighted by Gasteiger charge is 2.33. The second-order valence-electron chi connectivity index (χ2n) is 12.8. The van der Waals surface area contributed by atoms with Crippen LogP contribution in [0.15, 0.2) is 60.7 Å². The Morgan fingerprint density at radius 3 is 2.00 bits per heavy atom. The minimum absolute atomic E-state index is 0.00736. The fourth-order valence-corrected chi connectivity index (χ4v) is 6.40. The molecule has 7 heteroatoms. The van der Waals surface area contributed by atoms with Crippen molar-refractivity contribution in [3.05, 3.63) is 71.8 Å². The predicted molar refractivity (Wildman–Crippen MR) is 181 cm³/mol. The second kappa shape index (κ2) is 21.9. The number of carbonyl (C=O) groups excluding carboxylic acids is 2. The number of nitrogens with zero attached hydrogens (tertiary/aromatic N) is 1. The first-order valence-electron chi connectivity index (χ1n) is 17.1. The number of hydrogen-bond acceptors (Lipinski definition) is 6. The lowest BCUT2D eigenvalue weighted by molar-refractivity contribution is -0.157. The van der Waals surface area contributed by atoms with Crippen LogP contribution in [0.2, 0.25) is 0 Å². The average molecular weight is 626 g/mol. The molecule has 0 bridgehead atoms. The summed E-state index contributed by atoms with van der Waals surface area (Å²) in [5.41, 5.74) is 2.68. The summed E-state index contributed by atoms with van der Waals surface area (Å²) >= 11 is 0. The van der Waals surface area contributed by atoms with Gasteiger partial charge in [-0.25, -0.2) is 0 Å². The maximum Gasteiger partial charge on any atom is 0.309 e. The molecule has 6 unspecified atom stereocenters. The number of likely N-dealkylation sites (N-methyl/N-ethyl adjacent to an activating group) is 1. The van der Waals surface area contributed by atoms with Crippen LogP contribution in [0, 0.1) is 17.8 Å². The molecule has 0 aliphatic rings. The lowest BCUT2D eigenvalue weighted by atomic mass is 9.78. The quantitative estimate of drug-likeness (QED) is 0.119. The van der Waals surface area contributed by atoms with Gasteiger partial charge in [-0.15, -0.1) is 0 Å². The number of carbonyl (C=O) groups is 2. The van der Waals surface area contributed by atoms with Gasteiger partial charge in [0, 0.05) is 20.0 Å². The van der Waals surface area contributed by atoms with Gasteiger partial charge >= 0.3 is 5.97 Å². The van der Waals surface area contributed by atoms with E-state index in [9.17, 15) is 24.9 Å². The summed E-state index contributed by atoms with van der Waals surface area (Å²) in [7, 11) is 1.63. The summed E-state index contributed by atoms with van der Waals surface area (Å²) < 4.78 is 5.47. The maximum absolute atomic E-state index is 13.5. The molecular formula is C38H59NO6. The molecule has 0 spiro atoms. The molecule has 0 fully saturated rings. The highest BCUT2D eigenvalue weighted by atomic mass is 16.5. The van der Waals surface area contributed by atoms with Crippen LogP contribution in [0.4, 0.5) is 0 Å². The molecule has 0 saturated carbocycles. The number of benzene rings is 2. The van der Waals surface area contributed by atoms with Gasteiger partial charge in [0.15, 0.2) is 0 Å². The number of aliphatic hydroxyl groups is 3. The third kappa shape index (κ3) is 14.1. The van der Waals surface area contributed by atoms with Crippen molar-refractivity contribution in [1.29, 1.82) is 0 Å². The molecule has 0 heterocycles. The largest absolute Gasteiger partial charge is 0.463 e. The maximum atomic E-state index is 13.5. The van der Waals surface area contributed by atoms with Gasteiger partial charge in [0.2, 0.25) is 5.91 Å². The molecule has 3 N–H and O–H groups in total. The summed E-state index contributed by atoms with van der Waals surface area (Å²) in [5, 5.41) is 28.5. The van der Waals surface area contributed by atoms with E-state index in [1.807, 2.05) is 6.07 Å². The Morgan fingerprint density at radius 2 is 1.44 bits per heavy atom. The number of hydrogen-bond donors (Lipinski definition) is 3. The van der Waals surface area contributed by atoms with Gasteiger partial charge < -0.3 is 25.0 Å². The lowest BCUT2D eigenvalue weighted by Gasteiger charge is -2.29. The molecule has 45 heavy (non-hydrogen) atoms. The van der Waals surface area contributed by atoms with Crippen molar-refractivity contribution in [2.75, 3.05) is 33.4 Å². The third-order valence-corrected chi connectivity index (χ3v) is 9.48. The van der Waals surface area contributed by atoms with Crippen molar-refractivity contribution in [2.45, 2.75) is 103 Å². The van der Waals surface area contributed by atoms with E-state index in [-0.39, 0.29) is 38.0 Å². The van der Waals surface area contributed by atoms with E-state index in [1.54, 1.807) is 7.05 Å². The van der Waals surface area contributed by atoms with Gasteiger partial charge in [-0.1, -0.05) is 107 Å². The highest BCUT2D eigenvalue weighted by Crippen LogP contribution is 2.35. The molecular weight excluding hydrogens is 566 g/mol. The Hall–Kier alpha value is -2.74. The van der Waals surface area contributed by atoms with Crippen molar-refractivity contribution < 1.29 is 29.6 Å². The van der Waals surface area contributed by atoms with Gasteiger partial charge in [0.1, 0.15) is 12.7 Å². The molecule has 0 radical (unpaired) electrons. The molecule has 0 aliphatic carbocycles. The zero-order chi connectivity index (χ0) is 33.0. The van der Waals surface area contributed by atoms with E-state index in [0.29, 0.717) is 17.8 Å². The van der Waals surface area contributed by atoms with Gasteiger partial charge in [0.05, 0.1) is 19.1 Å². The van der Waals surface area contributed by atoms with Crippen LogP contribution in [-0.2, 0) is 14.3 Å². The Bertz CT molecular complexity index is 1060. The van der Waals surface area contributed by atoms with Crippen LogP contribution in [0.25, 0.3) is 0 Å². The smallest absolute Gasteiger partial charge is 0.309 e. The van der Waals surface area contributed by atoms with Crippen molar-refractivity contribution in [2.24, 2.45) is 17.8 Å². The van der Waals surface area contributed by atoms with E-state index in [1.165, 1.54) is 16.0 Å². The van der Waals surface area contributed by atoms with Gasteiger partial charge in [0.25, 0.3) is 0 Å². The summed E-state index contributed by atoms with van der Waals surface area (Å²) in [4.78, 5) is 28.1. The molecule has 2 rings (SSSR count). The predicted octanol–water partition coefficient (Wildman–Crippen LogP) is 6.71. The van der Waals surface area contributed by atoms with E-state index < -0.39 is 24.6 Å². The van der Waals surface area contributed by atoms with Crippen LogP contribution < -0.4 is 0 Å².